The fourth-order valence-corrected chi connectivity index (χ4v) is 6.57. The van der Waals surface area contributed by atoms with Crippen molar-refractivity contribution in [2.24, 2.45) is 0 Å². The summed E-state index contributed by atoms with van der Waals surface area (Å²) in [6, 6.07) is 19.1. The van der Waals surface area contributed by atoms with Crippen LogP contribution in [0.1, 0.15) is 40.4 Å². The number of imidazole rings is 1. The molecule has 0 saturated carbocycles. The van der Waals surface area contributed by atoms with Crippen molar-refractivity contribution in [3.8, 4) is 5.75 Å². The van der Waals surface area contributed by atoms with Crippen LogP contribution in [0.15, 0.2) is 66.7 Å². The van der Waals surface area contributed by atoms with E-state index in [1.165, 1.54) is 13.8 Å². The molecule has 0 aliphatic heterocycles. The third-order valence-corrected chi connectivity index (χ3v) is 8.64. The first-order chi connectivity index (χ1) is 21.4. The van der Waals surface area contributed by atoms with E-state index in [-0.39, 0.29) is 24.3 Å². The fraction of sp³-hybridized carbons (Fsp3) is 0.344. The molecule has 0 aliphatic carbocycles. The second kappa shape index (κ2) is 13.1. The molecule has 5 rings (SSSR count). The Morgan fingerprint density at radius 2 is 1.78 bits per heavy atom. The maximum atomic E-state index is 14.4. The molecule has 0 amide bonds. The predicted octanol–water partition coefficient (Wildman–Crippen LogP) is 5.65. The number of nitrogens with two attached hydrogens (primary N) is 1. The number of nitrogens with zero attached hydrogens (tertiary/aromatic N) is 3. The van der Waals surface area contributed by atoms with Gasteiger partial charge in [0.05, 0.1) is 17.1 Å². The highest BCUT2D eigenvalue weighted by Crippen LogP contribution is 2.47. The smallest absolute Gasteiger partial charge is 0.459 e. The number of nitrogens with one attached hydrogen (secondary N) is 1. The van der Waals surface area contributed by atoms with Crippen molar-refractivity contribution in [3.63, 3.8) is 0 Å². The molecule has 0 fully saturated rings. The zero-order chi connectivity index (χ0) is 32.4. The first kappa shape index (κ1) is 32.3. The van der Waals surface area contributed by atoms with Gasteiger partial charge in [-0.1, -0.05) is 48.5 Å². The van der Waals surface area contributed by atoms with E-state index in [0.29, 0.717) is 34.4 Å². The summed E-state index contributed by atoms with van der Waals surface area (Å²) in [6.07, 6.45) is -0.390. The number of nitrogen functional groups attached to an aromatic ring is 1. The first-order valence-electron chi connectivity index (χ1n) is 14.7. The highest BCUT2D eigenvalue weighted by molar-refractivity contribution is 7.52. The van der Waals surface area contributed by atoms with Gasteiger partial charge in [-0.05, 0) is 63.6 Å². The average molecular weight is 636 g/mol. The molecule has 4 N–H and O–H groups in total. The van der Waals surface area contributed by atoms with Crippen LogP contribution in [-0.2, 0) is 35.7 Å². The van der Waals surface area contributed by atoms with Gasteiger partial charge in [0.15, 0.2) is 11.5 Å². The maximum absolute atomic E-state index is 14.4. The highest BCUT2D eigenvalue weighted by atomic mass is 31.2. The number of rotatable bonds is 13. The van der Waals surface area contributed by atoms with Gasteiger partial charge in [0.2, 0.25) is 0 Å². The summed E-state index contributed by atoms with van der Waals surface area (Å²) >= 11 is 0. The zero-order valence-electron chi connectivity index (χ0n) is 25.9. The Hall–Kier alpha value is -4.06. The number of anilines is 1. The Morgan fingerprint density at radius 1 is 1.07 bits per heavy atom. The van der Waals surface area contributed by atoms with E-state index in [1.54, 1.807) is 30.5 Å². The minimum absolute atomic E-state index is 0.0523. The number of aromatic nitrogens is 3. The molecule has 3 atom stereocenters. The van der Waals surface area contributed by atoms with Crippen molar-refractivity contribution in [1.82, 2.24) is 19.6 Å². The Kier molecular flexibility index (Phi) is 9.43. The van der Waals surface area contributed by atoms with E-state index in [1.807, 2.05) is 61.5 Å². The lowest BCUT2D eigenvalue weighted by molar-refractivity contribution is -0.149. The molecule has 238 valence electrons. The molecule has 0 spiro atoms. The Morgan fingerprint density at radius 3 is 2.51 bits per heavy atom. The molecule has 0 radical (unpaired) electrons. The van der Waals surface area contributed by atoms with Crippen LogP contribution in [-0.4, -0.2) is 51.0 Å². The van der Waals surface area contributed by atoms with Crippen LogP contribution in [0.4, 0.5) is 5.82 Å². The van der Waals surface area contributed by atoms with Gasteiger partial charge in [-0.2, -0.15) is 5.09 Å². The predicted molar refractivity (Wildman–Crippen MR) is 173 cm³/mol. The summed E-state index contributed by atoms with van der Waals surface area (Å²) in [4.78, 5) is 21.8. The van der Waals surface area contributed by atoms with Crippen LogP contribution >= 0.6 is 7.75 Å². The van der Waals surface area contributed by atoms with Crippen LogP contribution in [0.2, 0.25) is 0 Å². The summed E-state index contributed by atoms with van der Waals surface area (Å²) in [5.74, 6) is 0.138. The SMILES string of the molecule is CCOCc1nc2c(N)nc3ccccc3c2n1[C@@](C)(O)COP(=O)(N[C@@H](C)C(=O)OC(C)C)Oc1ccc2ccccc2c1. The number of pyridine rings is 1. The number of aliphatic hydroxyl groups is 1. The highest BCUT2D eigenvalue weighted by Gasteiger charge is 2.38. The number of hydrogen-bond donors (Lipinski definition) is 3. The topological polar surface area (TPSA) is 160 Å². The van der Waals surface area contributed by atoms with Crippen molar-refractivity contribution in [1.29, 1.82) is 0 Å². The average Bonchev–Trinajstić information content (AvgIpc) is 3.40. The lowest BCUT2D eigenvalue weighted by Crippen LogP contribution is -2.40. The molecular weight excluding hydrogens is 597 g/mol. The normalized spacial score (nSPS) is 15.3. The number of carbonyl (C=O) groups is 1. The summed E-state index contributed by atoms with van der Waals surface area (Å²) in [5, 5.41) is 17.2. The molecule has 5 aromatic rings. The largest absolute Gasteiger partial charge is 0.462 e. The van der Waals surface area contributed by atoms with Crippen molar-refractivity contribution in [3.05, 3.63) is 72.6 Å². The lowest BCUT2D eigenvalue weighted by atomic mass is 10.1. The molecule has 0 bridgehead atoms. The molecule has 13 heteroatoms. The number of para-hydroxylation sites is 1. The van der Waals surface area contributed by atoms with E-state index in [9.17, 15) is 14.5 Å². The number of hydrogen-bond acceptors (Lipinski definition) is 10. The molecule has 1 unspecified atom stereocenters. The van der Waals surface area contributed by atoms with Crippen molar-refractivity contribution in [2.45, 2.75) is 59.1 Å². The lowest BCUT2D eigenvalue weighted by Gasteiger charge is -2.30. The van der Waals surface area contributed by atoms with Crippen LogP contribution in [0.5, 0.6) is 5.75 Å². The molecular formula is C32H38N5O7P. The zero-order valence-corrected chi connectivity index (χ0v) is 26.8. The molecule has 2 aromatic heterocycles. The van der Waals surface area contributed by atoms with E-state index in [0.717, 1.165) is 10.8 Å². The van der Waals surface area contributed by atoms with Gasteiger partial charge in [0, 0.05) is 12.0 Å². The van der Waals surface area contributed by atoms with Crippen LogP contribution in [0.3, 0.4) is 0 Å². The minimum Gasteiger partial charge on any atom is -0.462 e. The van der Waals surface area contributed by atoms with Crippen molar-refractivity contribution < 1.29 is 33.0 Å². The van der Waals surface area contributed by atoms with E-state index in [4.69, 9.17) is 24.3 Å². The maximum Gasteiger partial charge on any atom is 0.459 e. The van der Waals surface area contributed by atoms with Crippen LogP contribution in [0, 0.1) is 0 Å². The van der Waals surface area contributed by atoms with Gasteiger partial charge in [-0.3, -0.25) is 13.9 Å². The monoisotopic (exact) mass is 635 g/mol. The van der Waals surface area contributed by atoms with Gasteiger partial charge < -0.3 is 24.8 Å². The molecule has 2 heterocycles. The first-order valence-corrected chi connectivity index (χ1v) is 16.2. The third-order valence-electron chi connectivity index (χ3n) is 7.02. The van der Waals surface area contributed by atoms with Gasteiger partial charge in [0.25, 0.3) is 0 Å². The number of fused-ring (bicyclic) bond motifs is 4. The molecule has 45 heavy (non-hydrogen) atoms. The number of ether oxygens (including phenoxy) is 2. The van der Waals surface area contributed by atoms with Crippen molar-refractivity contribution >= 4 is 52.2 Å². The standard InChI is InChI=1S/C32H38N5O7P/c1-6-41-18-27-35-28-29(25-13-9-10-14-26(25)34-30(28)33)37(27)32(5,39)19-42-45(40,36-21(4)31(38)43-20(2)3)44-24-16-15-22-11-7-8-12-23(22)17-24/h7-17,20-21,39H,6,18-19H2,1-5H3,(H2,33,34)(H,36,40)/t21-,32-,45?/m0/s1. The summed E-state index contributed by atoms with van der Waals surface area (Å²) in [7, 11) is -4.34. The fourth-order valence-electron chi connectivity index (χ4n) is 5.01. The van der Waals surface area contributed by atoms with Crippen LogP contribution in [0.25, 0.3) is 32.7 Å². The number of benzene rings is 3. The van der Waals surface area contributed by atoms with Crippen molar-refractivity contribution in [2.75, 3.05) is 18.9 Å². The summed E-state index contributed by atoms with van der Waals surface area (Å²) < 4.78 is 38.8. The quantitative estimate of drug-likeness (QED) is 0.108. The molecule has 0 saturated heterocycles. The Labute approximate surface area is 261 Å². The third kappa shape index (κ3) is 7.11. The minimum atomic E-state index is -4.34. The molecule has 0 aliphatic rings. The second-order valence-corrected chi connectivity index (χ2v) is 12.8. The van der Waals surface area contributed by atoms with Gasteiger partial charge in [0.1, 0.15) is 36.3 Å². The second-order valence-electron chi connectivity index (χ2n) is 11.1. The summed E-state index contributed by atoms with van der Waals surface area (Å²) in [5.41, 5.74) is 5.94. The van der Waals surface area contributed by atoms with E-state index in [2.05, 4.69) is 15.1 Å². The van der Waals surface area contributed by atoms with Gasteiger partial charge in [-0.25, -0.2) is 14.5 Å². The molecule has 3 aromatic carbocycles. The number of carbonyl (C=O) groups excluding carboxylic acids is 1. The summed E-state index contributed by atoms with van der Waals surface area (Å²) in [6.45, 7) is 8.17. The Bertz CT molecular complexity index is 1890. The van der Waals surface area contributed by atoms with Gasteiger partial charge in [-0.15, -0.1) is 0 Å². The number of esters is 1. The van der Waals surface area contributed by atoms with Crippen LogP contribution < -0.4 is 15.3 Å². The van der Waals surface area contributed by atoms with E-state index < -0.39 is 32.1 Å². The molecule has 12 nitrogen and oxygen atoms in total. The van der Waals surface area contributed by atoms with Gasteiger partial charge >= 0.3 is 13.7 Å². The Balaban J connectivity index is 1.53. The van der Waals surface area contributed by atoms with E-state index >= 15 is 0 Å².